The summed E-state index contributed by atoms with van der Waals surface area (Å²) in [6.45, 7) is 4.49. The molecule has 148 valence electrons. The van der Waals surface area contributed by atoms with Gasteiger partial charge in [0.1, 0.15) is 11.9 Å². The van der Waals surface area contributed by atoms with Crippen LogP contribution in [0.1, 0.15) is 45.4 Å². The van der Waals surface area contributed by atoms with Crippen LogP contribution in [0.2, 0.25) is 0 Å². The zero-order chi connectivity index (χ0) is 19.1. The lowest BCUT2D eigenvalue weighted by Crippen LogP contribution is -2.56. The van der Waals surface area contributed by atoms with E-state index in [0.29, 0.717) is 13.1 Å². The smallest absolute Gasteiger partial charge is 0.318 e. The van der Waals surface area contributed by atoms with E-state index in [1.54, 1.807) is 18.0 Å². The predicted molar refractivity (Wildman–Crippen MR) is 106 cm³/mol. The lowest BCUT2D eigenvalue weighted by molar-refractivity contribution is -0.123. The third-order valence-corrected chi connectivity index (χ3v) is 5.47. The van der Waals surface area contributed by atoms with Gasteiger partial charge in [0.25, 0.3) is 0 Å². The Hall–Kier alpha value is -2.31. The van der Waals surface area contributed by atoms with E-state index in [2.05, 4.69) is 20.5 Å². The second-order valence-electron chi connectivity index (χ2n) is 7.53. The summed E-state index contributed by atoms with van der Waals surface area (Å²) in [6.07, 6.45) is 8.72. The zero-order valence-corrected chi connectivity index (χ0v) is 16.2. The molecular weight excluding hydrogens is 342 g/mol. The van der Waals surface area contributed by atoms with Crippen molar-refractivity contribution >= 4 is 17.8 Å². The largest absolute Gasteiger partial charge is 0.353 e. The molecule has 0 radical (unpaired) electrons. The van der Waals surface area contributed by atoms with Gasteiger partial charge >= 0.3 is 6.03 Å². The Kier molecular flexibility index (Phi) is 6.90. The van der Waals surface area contributed by atoms with E-state index in [4.69, 9.17) is 0 Å². The quantitative estimate of drug-likeness (QED) is 0.793. The Bertz CT molecular complexity index is 608. The predicted octanol–water partition coefficient (Wildman–Crippen LogP) is 2.14. The Balaban J connectivity index is 1.42. The highest BCUT2D eigenvalue weighted by molar-refractivity contribution is 5.86. The molecule has 0 aromatic carbocycles. The van der Waals surface area contributed by atoms with Crippen LogP contribution >= 0.6 is 0 Å². The first-order chi connectivity index (χ1) is 13.1. The number of urea groups is 1. The summed E-state index contributed by atoms with van der Waals surface area (Å²) in [5.41, 5.74) is 0. The van der Waals surface area contributed by atoms with E-state index in [9.17, 15) is 9.59 Å². The monoisotopic (exact) mass is 373 g/mol. The van der Waals surface area contributed by atoms with Crippen LogP contribution in [-0.2, 0) is 4.79 Å². The summed E-state index contributed by atoms with van der Waals surface area (Å²) in [7, 11) is 0. The standard InChI is InChI=1S/C20H31N5O2/c1-16(19(26)23-17-8-4-2-3-5-9-17)22-20(27)25-14-12-24(13-15-25)18-10-6-7-11-21-18/h6-7,10-11,16-17H,2-5,8-9,12-15H2,1H3,(H,22,27)(H,23,26). The number of hydrogen-bond acceptors (Lipinski definition) is 4. The summed E-state index contributed by atoms with van der Waals surface area (Å²) in [5.74, 6) is 0.857. The molecule has 3 amide bonds. The van der Waals surface area contributed by atoms with Crippen LogP contribution in [0.25, 0.3) is 0 Å². The highest BCUT2D eigenvalue weighted by atomic mass is 16.2. The number of nitrogens with zero attached hydrogens (tertiary/aromatic N) is 3. The van der Waals surface area contributed by atoms with E-state index in [0.717, 1.165) is 31.7 Å². The van der Waals surface area contributed by atoms with E-state index >= 15 is 0 Å². The van der Waals surface area contributed by atoms with Crippen LogP contribution in [0.4, 0.5) is 10.6 Å². The highest BCUT2D eigenvalue weighted by Crippen LogP contribution is 2.17. The first-order valence-electron chi connectivity index (χ1n) is 10.2. The van der Waals surface area contributed by atoms with E-state index in [1.165, 1.54) is 25.7 Å². The second kappa shape index (κ2) is 9.58. The molecule has 2 aliphatic rings. The molecule has 7 nitrogen and oxygen atoms in total. The molecule has 2 fully saturated rings. The number of pyridine rings is 1. The maximum atomic E-state index is 12.5. The number of anilines is 1. The molecule has 2 N–H and O–H groups in total. The van der Waals surface area contributed by atoms with Crippen LogP contribution in [0, 0.1) is 0 Å². The minimum Gasteiger partial charge on any atom is -0.353 e. The Morgan fingerprint density at radius 2 is 1.78 bits per heavy atom. The topological polar surface area (TPSA) is 77.6 Å². The first kappa shape index (κ1) is 19.5. The molecule has 0 bridgehead atoms. The Morgan fingerprint density at radius 3 is 2.41 bits per heavy atom. The number of amides is 3. The second-order valence-corrected chi connectivity index (χ2v) is 7.53. The van der Waals surface area contributed by atoms with Gasteiger partial charge in [-0.2, -0.15) is 0 Å². The van der Waals surface area contributed by atoms with Crippen molar-refractivity contribution in [2.75, 3.05) is 31.1 Å². The molecule has 1 aromatic rings. The summed E-state index contributed by atoms with van der Waals surface area (Å²) >= 11 is 0. The summed E-state index contributed by atoms with van der Waals surface area (Å²) in [6, 6.07) is 5.41. The van der Waals surface area contributed by atoms with Gasteiger partial charge in [0, 0.05) is 38.4 Å². The van der Waals surface area contributed by atoms with Gasteiger partial charge in [-0.05, 0) is 31.9 Å². The molecule has 3 rings (SSSR count). The lowest BCUT2D eigenvalue weighted by atomic mass is 10.1. The number of carbonyl (C=O) groups is 2. The molecule has 1 unspecified atom stereocenters. The van der Waals surface area contributed by atoms with Crippen LogP contribution < -0.4 is 15.5 Å². The minimum atomic E-state index is -0.519. The summed E-state index contributed by atoms with van der Waals surface area (Å²) in [4.78, 5) is 33.2. The molecule has 1 saturated heterocycles. The van der Waals surface area contributed by atoms with Gasteiger partial charge in [0.15, 0.2) is 0 Å². The van der Waals surface area contributed by atoms with Crippen molar-refractivity contribution in [3.05, 3.63) is 24.4 Å². The maximum Gasteiger partial charge on any atom is 0.318 e. The highest BCUT2D eigenvalue weighted by Gasteiger charge is 2.25. The fourth-order valence-corrected chi connectivity index (χ4v) is 3.77. The third-order valence-electron chi connectivity index (χ3n) is 5.47. The van der Waals surface area contributed by atoms with Gasteiger partial charge in [-0.15, -0.1) is 0 Å². The molecule has 27 heavy (non-hydrogen) atoms. The van der Waals surface area contributed by atoms with Crippen LogP contribution in [0.3, 0.4) is 0 Å². The molecule has 1 aliphatic carbocycles. The van der Waals surface area contributed by atoms with Crippen molar-refractivity contribution in [3.8, 4) is 0 Å². The number of rotatable bonds is 4. The van der Waals surface area contributed by atoms with Gasteiger partial charge in [0.05, 0.1) is 0 Å². The normalized spacial score (nSPS) is 19.9. The Morgan fingerprint density at radius 1 is 1.07 bits per heavy atom. The zero-order valence-electron chi connectivity index (χ0n) is 16.2. The van der Waals surface area contributed by atoms with Crippen molar-refractivity contribution in [1.82, 2.24) is 20.5 Å². The van der Waals surface area contributed by atoms with Gasteiger partial charge in [0.2, 0.25) is 5.91 Å². The fourth-order valence-electron chi connectivity index (χ4n) is 3.77. The van der Waals surface area contributed by atoms with E-state index in [1.807, 2.05) is 18.2 Å². The number of carbonyl (C=O) groups excluding carboxylic acids is 2. The van der Waals surface area contributed by atoms with Crippen LogP contribution in [-0.4, -0.2) is 60.1 Å². The van der Waals surface area contributed by atoms with Gasteiger partial charge in [-0.3, -0.25) is 4.79 Å². The van der Waals surface area contributed by atoms with E-state index < -0.39 is 6.04 Å². The Labute approximate surface area is 161 Å². The molecule has 1 saturated carbocycles. The summed E-state index contributed by atoms with van der Waals surface area (Å²) in [5, 5.41) is 5.96. The number of nitrogens with one attached hydrogen (secondary N) is 2. The molecule has 0 spiro atoms. The summed E-state index contributed by atoms with van der Waals surface area (Å²) < 4.78 is 0. The van der Waals surface area contributed by atoms with Crippen molar-refractivity contribution in [2.45, 2.75) is 57.5 Å². The molecule has 1 aliphatic heterocycles. The molecule has 1 aromatic heterocycles. The number of hydrogen-bond donors (Lipinski definition) is 2. The number of aromatic nitrogens is 1. The average Bonchev–Trinajstić information content (AvgIpc) is 2.97. The minimum absolute atomic E-state index is 0.0811. The molecule has 2 heterocycles. The third kappa shape index (κ3) is 5.58. The SMILES string of the molecule is CC(NC(=O)N1CCN(c2ccccn2)CC1)C(=O)NC1CCCCCC1. The van der Waals surface area contributed by atoms with Crippen molar-refractivity contribution < 1.29 is 9.59 Å². The van der Waals surface area contributed by atoms with Gasteiger partial charge in [-0.25, -0.2) is 9.78 Å². The average molecular weight is 374 g/mol. The van der Waals surface area contributed by atoms with Crippen molar-refractivity contribution in [2.24, 2.45) is 0 Å². The number of piperazine rings is 1. The lowest BCUT2D eigenvalue weighted by Gasteiger charge is -2.35. The van der Waals surface area contributed by atoms with E-state index in [-0.39, 0.29) is 18.0 Å². The van der Waals surface area contributed by atoms with Crippen LogP contribution in [0.5, 0.6) is 0 Å². The van der Waals surface area contributed by atoms with Gasteiger partial charge < -0.3 is 20.4 Å². The molecular formula is C20H31N5O2. The maximum absolute atomic E-state index is 12.5. The van der Waals surface area contributed by atoms with Gasteiger partial charge in [-0.1, -0.05) is 31.7 Å². The van der Waals surface area contributed by atoms with Crippen molar-refractivity contribution in [1.29, 1.82) is 0 Å². The molecule has 1 atom stereocenters. The van der Waals surface area contributed by atoms with Crippen molar-refractivity contribution in [3.63, 3.8) is 0 Å². The van der Waals surface area contributed by atoms with Crippen LogP contribution in [0.15, 0.2) is 24.4 Å². The first-order valence-corrected chi connectivity index (χ1v) is 10.2. The fraction of sp³-hybridized carbons (Fsp3) is 0.650. The molecule has 7 heteroatoms.